The Balaban J connectivity index is 1.55. The zero-order valence-electron chi connectivity index (χ0n) is 22.1. The van der Waals surface area contributed by atoms with Crippen molar-refractivity contribution < 1.29 is 24.2 Å². The topological polar surface area (TPSA) is 125 Å². The number of likely N-dealkylation sites (N-methyl/N-ethyl adjacent to an activating group) is 1. The number of amides is 3. The van der Waals surface area contributed by atoms with E-state index in [0.717, 1.165) is 11.1 Å². The quantitative estimate of drug-likeness (QED) is 0.455. The lowest BCUT2D eigenvalue weighted by Crippen LogP contribution is -2.62. The minimum Gasteiger partial charge on any atom is -0.394 e. The van der Waals surface area contributed by atoms with E-state index in [4.69, 9.17) is 10.5 Å². The van der Waals surface area contributed by atoms with Crippen LogP contribution in [0.1, 0.15) is 36.8 Å². The van der Waals surface area contributed by atoms with E-state index in [1.165, 1.54) is 6.92 Å². The molecule has 1 spiro atoms. The molecule has 4 atom stereocenters. The Hall–Kier alpha value is -3.27. The first-order chi connectivity index (χ1) is 18.2. The molecule has 9 nitrogen and oxygen atoms in total. The Kier molecular flexibility index (Phi) is 8.50. The molecule has 0 aliphatic carbocycles. The Bertz CT molecular complexity index is 1130. The molecule has 2 aromatic carbocycles. The molecule has 38 heavy (non-hydrogen) atoms. The van der Waals surface area contributed by atoms with Crippen LogP contribution in [0.4, 0.5) is 0 Å². The highest BCUT2D eigenvalue weighted by Crippen LogP contribution is 2.49. The van der Waals surface area contributed by atoms with Crippen LogP contribution in [0.25, 0.3) is 0 Å². The summed E-state index contributed by atoms with van der Waals surface area (Å²) in [5.41, 5.74) is 5.68. The summed E-state index contributed by atoms with van der Waals surface area (Å²) in [6, 6.07) is 18.5. The third-order valence-electron chi connectivity index (χ3n) is 7.78. The molecule has 2 aliphatic heterocycles. The number of aliphatic hydroxyl groups is 1. The smallest absolute Gasteiger partial charge is 0.247 e. The Morgan fingerprint density at radius 2 is 1.84 bits per heavy atom. The lowest BCUT2D eigenvalue weighted by atomic mass is 9.69. The number of carbonyl (C=O) groups excluding carboxylic acids is 3. The largest absolute Gasteiger partial charge is 0.394 e. The molecule has 3 amide bonds. The number of piperidine rings is 1. The fourth-order valence-corrected chi connectivity index (χ4v) is 5.56. The molecule has 0 radical (unpaired) electrons. The van der Waals surface area contributed by atoms with Crippen LogP contribution in [-0.4, -0.2) is 84.1 Å². The molecule has 0 unspecified atom stereocenters. The number of carbonyl (C=O) groups is 3. The second-order valence-corrected chi connectivity index (χ2v) is 10.8. The normalized spacial score (nSPS) is 23.8. The van der Waals surface area contributed by atoms with E-state index in [9.17, 15) is 19.5 Å². The SMILES string of the molecule is CN1C[C@H](c2ccccc2)[C@]2(CCCN(C(=O)[C@@H](COCc3ccccc3)NC(=O)[C@](C)(N)CO)C2)C1=O. The van der Waals surface area contributed by atoms with Gasteiger partial charge in [-0.15, -0.1) is 0 Å². The molecule has 2 fully saturated rings. The molecule has 2 saturated heterocycles. The van der Waals surface area contributed by atoms with Gasteiger partial charge < -0.3 is 30.7 Å². The van der Waals surface area contributed by atoms with E-state index in [1.54, 1.807) is 9.80 Å². The molecule has 2 aromatic rings. The maximum atomic E-state index is 13.9. The summed E-state index contributed by atoms with van der Waals surface area (Å²) in [5, 5.41) is 12.3. The Morgan fingerprint density at radius 1 is 1.18 bits per heavy atom. The second kappa shape index (κ2) is 11.6. The van der Waals surface area contributed by atoms with Crippen molar-refractivity contribution in [3.8, 4) is 0 Å². The third-order valence-corrected chi connectivity index (χ3v) is 7.78. The van der Waals surface area contributed by atoms with Gasteiger partial charge in [-0.1, -0.05) is 60.7 Å². The molecule has 0 saturated carbocycles. The minimum absolute atomic E-state index is 0.0408. The van der Waals surface area contributed by atoms with Crippen molar-refractivity contribution >= 4 is 17.7 Å². The van der Waals surface area contributed by atoms with Crippen LogP contribution in [0.15, 0.2) is 60.7 Å². The van der Waals surface area contributed by atoms with Crippen molar-refractivity contribution in [3.05, 3.63) is 71.8 Å². The Morgan fingerprint density at radius 3 is 2.50 bits per heavy atom. The molecule has 2 heterocycles. The van der Waals surface area contributed by atoms with Crippen molar-refractivity contribution in [1.82, 2.24) is 15.1 Å². The summed E-state index contributed by atoms with van der Waals surface area (Å²) in [6.45, 7) is 2.36. The zero-order chi connectivity index (χ0) is 27.3. The van der Waals surface area contributed by atoms with Gasteiger partial charge in [0, 0.05) is 32.6 Å². The van der Waals surface area contributed by atoms with Gasteiger partial charge >= 0.3 is 0 Å². The molecular weight excluding hydrogens is 484 g/mol. The number of hydrogen-bond donors (Lipinski definition) is 3. The lowest BCUT2D eigenvalue weighted by molar-refractivity contribution is -0.147. The highest BCUT2D eigenvalue weighted by Gasteiger charge is 2.55. The molecule has 2 aliphatic rings. The number of likely N-dealkylation sites (tertiary alicyclic amines) is 2. The number of ether oxygens (including phenoxy) is 1. The van der Waals surface area contributed by atoms with E-state index in [2.05, 4.69) is 5.32 Å². The number of rotatable bonds is 9. The lowest BCUT2D eigenvalue weighted by Gasteiger charge is -2.43. The summed E-state index contributed by atoms with van der Waals surface area (Å²) in [7, 11) is 1.81. The van der Waals surface area contributed by atoms with Crippen LogP contribution in [0, 0.1) is 5.41 Å². The summed E-state index contributed by atoms with van der Waals surface area (Å²) >= 11 is 0. The van der Waals surface area contributed by atoms with Gasteiger partial charge in [-0.05, 0) is 30.9 Å². The monoisotopic (exact) mass is 522 g/mol. The van der Waals surface area contributed by atoms with Crippen LogP contribution >= 0.6 is 0 Å². The first kappa shape index (κ1) is 27.8. The average Bonchev–Trinajstić information content (AvgIpc) is 3.17. The molecule has 204 valence electrons. The van der Waals surface area contributed by atoms with Crippen molar-refractivity contribution in [2.75, 3.05) is 39.9 Å². The standard InChI is InChI=1S/C29H38N4O5/c1-28(30,20-34)26(36)31-24(18-38-17-21-10-5-3-6-11-21)25(35)33-15-9-14-29(19-33)23(16-32(2)27(29)37)22-12-7-4-8-13-22/h3-8,10-13,23-24,34H,9,14-20,30H2,1-2H3,(H,31,36)/t23-,24-,28-,29-/m1/s1. The van der Waals surface area contributed by atoms with Crippen LogP contribution in [0.3, 0.4) is 0 Å². The first-order valence-electron chi connectivity index (χ1n) is 13.1. The highest BCUT2D eigenvalue weighted by atomic mass is 16.5. The van der Waals surface area contributed by atoms with E-state index in [0.29, 0.717) is 25.9 Å². The summed E-state index contributed by atoms with van der Waals surface area (Å²) < 4.78 is 5.85. The number of nitrogens with zero attached hydrogens (tertiary/aromatic N) is 2. The van der Waals surface area contributed by atoms with E-state index in [-0.39, 0.29) is 37.5 Å². The van der Waals surface area contributed by atoms with E-state index < -0.39 is 29.5 Å². The van der Waals surface area contributed by atoms with Gasteiger partial charge in [0.05, 0.1) is 25.2 Å². The van der Waals surface area contributed by atoms with E-state index in [1.807, 2.05) is 67.7 Å². The van der Waals surface area contributed by atoms with E-state index >= 15 is 0 Å². The van der Waals surface area contributed by atoms with Gasteiger partial charge in [-0.2, -0.15) is 0 Å². The summed E-state index contributed by atoms with van der Waals surface area (Å²) in [4.78, 5) is 43.7. The van der Waals surface area contributed by atoms with Crippen LogP contribution in [0.2, 0.25) is 0 Å². The number of aliphatic hydroxyl groups excluding tert-OH is 1. The maximum absolute atomic E-state index is 13.9. The first-order valence-corrected chi connectivity index (χ1v) is 13.1. The van der Waals surface area contributed by atoms with Gasteiger partial charge in [-0.25, -0.2) is 0 Å². The van der Waals surface area contributed by atoms with Crippen LogP contribution in [0.5, 0.6) is 0 Å². The molecule has 0 aromatic heterocycles. The number of nitrogens with two attached hydrogens (primary N) is 1. The second-order valence-electron chi connectivity index (χ2n) is 10.8. The fourth-order valence-electron chi connectivity index (χ4n) is 5.56. The minimum atomic E-state index is -1.55. The summed E-state index contributed by atoms with van der Waals surface area (Å²) in [6.07, 6.45) is 1.36. The Labute approximate surface area is 223 Å². The number of nitrogens with one attached hydrogen (secondary N) is 1. The van der Waals surface area contributed by atoms with Crippen molar-refractivity contribution in [2.45, 2.75) is 43.9 Å². The predicted octanol–water partition coefficient (Wildman–Crippen LogP) is 1.26. The van der Waals surface area contributed by atoms with Gasteiger partial charge in [0.1, 0.15) is 11.6 Å². The molecule has 4 N–H and O–H groups in total. The molecule has 0 bridgehead atoms. The van der Waals surface area contributed by atoms with Crippen molar-refractivity contribution in [1.29, 1.82) is 0 Å². The highest BCUT2D eigenvalue weighted by molar-refractivity contribution is 5.93. The maximum Gasteiger partial charge on any atom is 0.247 e. The summed E-state index contributed by atoms with van der Waals surface area (Å²) in [5.74, 6) is -0.971. The third kappa shape index (κ3) is 5.75. The van der Waals surface area contributed by atoms with Gasteiger partial charge in [0.15, 0.2) is 0 Å². The van der Waals surface area contributed by atoms with Crippen LogP contribution in [-0.2, 0) is 25.7 Å². The van der Waals surface area contributed by atoms with Crippen LogP contribution < -0.4 is 11.1 Å². The fraction of sp³-hybridized carbons (Fsp3) is 0.483. The van der Waals surface area contributed by atoms with Gasteiger partial charge in [0.25, 0.3) is 0 Å². The predicted molar refractivity (Wildman–Crippen MR) is 143 cm³/mol. The molecular formula is C29H38N4O5. The van der Waals surface area contributed by atoms with Crippen molar-refractivity contribution in [3.63, 3.8) is 0 Å². The number of hydrogen-bond acceptors (Lipinski definition) is 6. The molecule has 4 rings (SSSR count). The van der Waals surface area contributed by atoms with Gasteiger partial charge in [0.2, 0.25) is 17.7 Å². The average molecular weight is 523 g/mol. The van der Waals surface area contributed by atoms with Gasteiger partial charge in [-0.3, -0.25) is 14.4 Å². The van der Waals surface area contributed by atoms with Crippen molar-refractivity contribution in [2.24, 2.45) is 11.1 Å². The number of benzene rings is 2. The zero-order valence-corrected chi connectivity index (χ0v) is 22.1. The molecule has 9 heteroatoms.